The first-order valence-electron chi connectivity index (χ1n) is 6.81. The Morgan fingerprint density at radius 2 is 1.57 bits per heavy atom. The smallest absolute Gasteiger partial charge is 0.222 e. The van der Waals surface area contributed by atoms with E-state index in [0.717, 1.165) is 11.1 Å². The number of hydrogen-bond donors (Lipinski definition) is 3. The van der Waals surface area contributed by atoms with Gasteiger partial charge in [0.15, 0.2) is 0 Å². The van der Waals surface area contributed by atoms with E-state index in [4.69, 9.17) is 11.5 Å². The molecule has 0 unspecified atom stereocenters. The third kappa shape index (κ3) is 2.76. The SMILES string of the molecule is N#Cc1c(N)nc(N)nc1-c1cccc(-c2cccc(O)c2)c1. The van der Waals surface area contributed by atoms with Gasteiger partial charge in [0.2, 0.25) is 5.95 Å². The van der Waals surface area contributed by atoms with Gasteiger partial charge in [-0.2, -0.15) is 10.2 Å². The summed E-state index contributed by atoms with van der Waals surface area (Å²) in [7, 11) is 0. The van der Waals surface area contributed by atoms with Crippen molar-refractivity contribution in [1.29, 1.82) is 5.26 Å². The van der Waals surface area contributed by atoms with Crippen LogP contribution in [0, 0.1) is 11.3 Å². The highest BCUT2D eigenvalue weighted by atomic mass is 16.3. The zero-order chi connectivity index (χ0) is 16.4. The Kier molecular flexibility index (Phi) is 3.53. The first-order valence-corrected chi connectivity index (χ1v) is 6.81. The minimum absolute atomic E-state index is 0.0132. The summed E-state index contributed by atoms with van der Waals surface area (Å²) in [5, 5.41) is 18.9. The highest BCUT2D eigenvalue weighted by Crippen LogP contribution is 2.30. The molecule has 23 heavy (non-hydrogen) atoms. The summed E-state index contributed by atoms with van der Waals surface area (Å²) in [5.41, 5.74) is 14.4. The third-order valence-electron chi connectivity index (χ3n) is 3.38. The first-order chi connectivity index (χ1) is 11.1. The van der Waals surface area contributed by atoms with Crippen molar-refractivity contribution in [2.24, 2.45) is 0 Å². The van der Waals surface area contributed by atoms with Crippen molar-refractivity contribution in [3.8, 4) is 34.2 Å². The van der Waals surface area contributed by atoms with Crippen LogP contribution < -0.4 is 11.5 Å². The van der Waals surface area contributed by atoms with Crippen molar-refractivity contribution < 1.29 is 5.11 Å². The molecule has 5 N–H and O–H groups in total. The van der Waals surface area contributed by atoms with Gasteiger partial charge in [0.1, 0.15) is 23.2 Å². The molecule has 0 radical (unpaired) electrons. The molecule has 3 aromatic rings. The van der Waals surface area contributed by atoms with E-state index in [1.807, 2.05) is 36.4 Å². The van der Waals surface area contributed by atoms with Crippen LogP contribution in [0.2, 0.25) is 0 Å². The summed E-state index contributed by atoms with van der Waals surface area (Å²) in [5.74, 6) is 0.248. The maximum absolute atomic E-state index is 9.62. The molecule has 6 nitrogen and oxygen atoms in total. The van der Waals surface area contributed by atoms with Crippen LogP contribution in [0.25, 0.3) is 22.4 Å². The maximum atomic E-state index is 9.62. The summed E-state index contributed by atoms with van der Waals surface area (Å²) >= 11 is 0. The number of aromatic nitrogens is 2. The van der Waals surface area contributed by atoms with E-state index >= 15 is 0 Å². The third-order valence-corrected chi connectivity index (χ3v) is 3.38. The van der Waals surface area contributed by atoms with Gasteiger partial charge in [-0.05, 0) is 29.3 Å². The Balaban J connectivity index is 2.17. The molecule has 0 atom stereocenters. The molecule has 1 aromatic heterocycles. The molecule has 0 aliphatic rings. The van der Waals surface area contributed by atoms with Crippen molar-refractivity contribution in [2.45, 2.75) is 0 Å². The first kappa shape index (κ1) is 14.4. The number of nitrogen functional groups attached to an aromatic ring is 2. The summed E-state index contributed by atoms with van der Waals surface area (Å²) in [6.45, 7) is 0. The number of nitrogens with two attached hydrogens (primary N) is 2. The summed E-state index contributed by atoms with van der Waals surface area (Å²) in [4.78, 5) is 7.95. The van der Waals surface area contributed by atoms with Gasteiger partial charge in [-0.3, -0.25) is 0 Å². The van der Waals surface area contributed by atoms with Crippen molar-refractivity contribution in [1.82, 2.24) is 9.97 Å². The molecule has 1 heterocycles. The van der Waals surface area contributed by atoms with Gasteiger partial charge in [0, 0.05) is 5.56 Å². The molecule has 6 heteroatoms. The number of nitriles is 1. The van der Waals surface area contributed by atoms with Crippen LogP contribution in [-0.2, 0) is 0 Å². The topological polar surface area (TPSA) is 122 Å². The number of nitrogens with zero attached hydrogens (tertiary/aromatic N) is 3. The molecule has 2 aromatic carbocycles. The molecular formula is C17H13N5O. The van der Waals surface area contributed by atoms with Crippen molar-refractivity contribution >= 4 is 11.8 Å². The van der Waals surface area contributed by atoms with Gasteiger partial charge in [0.25, 0.3) is 0 Å². The molecule has 0 spiro atoms. The lowest BCUT2D eigenvalue weighted by molar-refractivity contribution is 0.475. The number of aromatic hydroxyl groups is 1. The van der Waals surface area contributed by atoms with Gasteiger partial charge in [-0.15, -0.1) is 0 Å². The lowest BCUT2D eigenvalue weighted by Crippen LogP contribution is -2.04. The Morgan fingerprint density at radius 3 is 2.26 bits per heavy atom. The van der Waals surface area contributed by atoms with Crippen molar-refractivity contribution in [3.05, 3.63) is 54.1 Å². The maximum Gasteiger partial charge on any atom is 0.222 e. The molecule has 112 valence electrons. The quantitative estimate of drug-likeness (QED) is 0.668. The number of phenolic OH excluding ortho intramolecular Hbond substituents is 1. The van der Waals surface area contributed by atoms with Gasteiger partial charge in [-0.1, -0.05) is 30.3 Å². The molecular weight excluding hydrogens is 290 g/mol. The Hall–Kier alpha value is -3.59. The molecule has 0 fully saturated rings. The molecule has 0 saturated heterocycles. The second kappa shape index (κ2) is 5.66. The number of benzene rings is 2. The molecule has 0 aliphatic heterocycles. The number of anilines is 2. The van der Waals surface area contributed by atoms with Gasteiger partial charge in [-0.25, -0.2) is 4.98 Å². The minimum Gasteiger partial charge on any atom is -0.508 e. The second-order valence-corrected chi connectivity index (χ2v) is 4.93. The molecule has 0 saturated carbocycles. The number of hydrogen-bond acceptors (Lipinski definition) is 6. The Labute approximate surface area is 132 Å². The normalized spacial score (nSPS) is 10.2. The van der Waals surface area contributed by atoms with E-state index in [2.05, 4.69) is 9.97 Å². The molecule has 0 amide bonds. The van der Waals surface area contributed by atoms with E-state index < -0.39 is 0 Å². The van der Waals surface area contributed by atoms with Crippen molar-refractivity contribution in [3.63, 3.8) is 0 Å². The molecule has 0 aliphatic carbocycles. The summed E-state index contributed by atoms with van der Waals surface area (Å²) in [6.07, 6.45) is 0. The van der Waals surface area contributed by atoms with Crippen molar-refractivity contribution in [2.75, 3.05) is 11.5 Å². The predicted octanol–water partition coefficient (Wildman–Crippen LogP) is 2.55. The molecule has 0 bridgehead atoms. The molecule has 3 rings (SSSR count). The van der Waals surface area contributed by atoms with Gasteiger partial charge >= 0.3 is 0 Å². The van der Waals surface area contributed by atoms with E-state index in [-0.39, 0.29) is 23.1 Å². The monoisotopic (exact) mass is 303 g/mol. The summed E-state index contributed by atoms with van der Waals surface area (Å²) < 4.78 is 0. The fourth-order valence-electron chi connectivity index (χ4n) is 2.35. The Morgan fingerprint density at radius 1 is 0.913 bits per heavy atom. The van der Waals surface area contributed by atoms with E-state index in [9.17, 15) is 10.4 Å². The van der Waals surface area contributed by atoms with Crippen LogP contribution in [0.4, 0.5) is 11.8 Å². The van der Waals surface area contributed by atoms with E-state index in [1.54, 1.807) is 18.2 Å². The minimum atomic E-state index is 0.0132. The fraction of sp³-hybridized carbons (Fsp3) is 0. The van der Waals surface area contributed by atoms with Crippen LogP contribution in [0.5, 0.6) is 5.75 Å². The standard InChI is InChI=1S/C17H13N5O/c18-9-14-15(21-17(20)22-16(14)19)12-5-1-3-10(7-12)11-4-2-6-13(23)8-11/h1-8,23H,(H4,19,20,21,22). The average Bonchev–Trinajstić information content (AvgIpc) is 2.54. The van der Waals surface area contributed by atoms with Gasteiger partial charge < -0.3 is 16.6 Å². The van der Waals surface area contributed by atoms with Crippen LogP contribution in [0.1, 0.15) is 5.56 Å². The second-order valence-electron chi connectivity index (χ2n) is 4.93. The average molecular weight is 303 g/mol. The lowest BCUT2D eigenvalue weighted by Gasteiger charge is -2.09. The fourth-order valence-corrected chi connectivity index (χ4v) is 2.35. The largest absolute Gasteiger partial charge is 0.508 e. The predicted molar refractivity (Wildman–Crippen MR) is 88.1 cm³/mol. The van der Waals surface area contributed by atoms with Crippen LogP contribution >= 0.6 is 0 Å². The van der Waals surface area contributed by atoms with Gasteiger partial charge in [0.05, 0.1) is 5.69 Å². The number of phenols is 1. The number of rotatable bonds is 2. The highest BCUT2D eigenvalue weighted by molar-refractivity contribution is 5.77. The van der Waals surface area contributed by atoms with Crippen LogP contribution in [-0.4, -0.2) is 15.1 Å². The van der Waals surface area contributed by atoms with Crippen LogP contribution in [0.15, 0.2) is 48.5 Å². The zero-order valence-corrected chi connectivity index (χ0v) is 12.1. The van der Waals surface area contributed by atoms with Crippen LogP contribution in [0.3, 0.4) is 0 Å². The lowest BCUT2D eigenvalue weighted by atomic mass is 10.00. The summed E-state index contributed by atoms with van der Waals surface area (Å²) in [6, 6.07) is 16.3. The zero-order valence-electron chi connectivity index (χ0n) is 12.1. The highest BCUT2D eigenvalue weighted by Gasteiger charge is 2.13. The van der Waals surface area contributed by atoms with E-state index in [1.165, 1.54) is 0 Å². The van der Waals surface area contributed by atoms with E-state index in [0.29, 0.717) is 11.3 Å². The Bertz CT molecular complexity index is 931.